The molecule has 4 aromatic rings. The zero-order valence-electron chi connectivity index (χ0n) is 13.7. The third-order valence-electron chi connectivity index (χ3n) is 4.51. The Morgan fingerprint density at radius 3 is 2.64 bits per heavy atom. The fourth-order valence-corrected chi connectivity index (χ4v) is 3.32. The van der Waals surface area contributed by atoms with E-state index in [1.54, 1.807) is 7.11 Å². The lowest BCUT2D eigenvalue weighted by Gasteiger charge is -2.09. The second kappa shape index (κ2) is 5.98. The quantitative estimate of drug-likeness (QED) is 0.573. The van der Waals surface area contributed by atoms with Crippen molar-refractivity contribution in [2.24, 2.45) is 0 Å². The van der Waals surface area contributed by atoms with Crippen molar-refractivity contribution in [2.45, 2.75) is 6.42 Å². The second-order valence-corrected chi connectivity index (χ2v) is 6.07. The number of rotatable bonds is 4. The molecule has 0 saturated carbocycles. The molecule has 3 aromatic carbocycles. The molecule has 124 valence electrons. The van der Waals surface area contributed by atoms with Gasteiger partial charge in [-0.3, -0.25) is 0 Å². The van der Waals surface area contributed by atoms with E-state index in [0.717, 1.165) is 22.0 Å². The van der Waals surface area contributed by atoms with Gasteiger partial charge in [-0.1, -0.05) is 42.5 Å². The van der Waals surface area contributed by atoms with Gasteiger partial charge >= 0.3 is 5.97 Å². The van der Waals surface area contributed by atoms with Crippen molar-refractivity contribution < 1.29 is 14.6 Å². The molecule has 0 aliphatic rings. The van der Waals surface area contributed by atoms with Crippen LogP contribution in [-0.4, -0.2) is 23.2 Å². The molecule has 0 atom stereocenters. The molecule has 2 N–H and O–H groups in total. The fraction of sp³-hybridized carbons (Fsp3) is 0.0952. The fourth-order valence-electron chi connectivity index (χ4n) is 3.32. The number of carbonyl (C=O) groups is 1. The predicted molar refractivity (Wildman–Crippen MR) is 98.6 cm³/mol. The molecule has 0 unspecified atom stereocenters. The minimum atomic E-state index is -0.934. The summed E-state index contributed by atoms with van der Waals surface area (Å²) >= 11 is 0. The van der Waals surface area contributed by atoms with Crippen LogP contribution >= 0.6 is 0 Å². The zero-order valence-corrected chi connectivity index (χ0v) is 13.7. The van der Waals surface area contributed by atoms with Crippen molar-refractivity contribution in [3.05, 3.63) is 77.5 Å². The molecule has 4 nitrogen and oxygen atoms in total. The summed E-state index contributed by atoms with van der Waals surface area (Å²) in [7, 11) is 1.61. The average Bonchev–Trinajstić information content (AvgIpc) is 3.06. The van der Waals surface area contributed by atoms with Crippen molar-refractivity contribution in [2.75, 3.05) is 7.11 Å². The van der Waals surface area contributed by atoms with E-state index in [1.165, 1.54) is 17.0 Å². The number of hydrogen-bond donors (Lipinski definition) is 2. The summed E-state index contributed by atoms with van der Waals surface area (Å²) in [6, 6.07) is 18.3. The van der Waals surface area contributed by atoms with Crippen molar-refractivity contribution in [3.8, 4) is 5.75 Å². The molecule has 4 heteroatoms. The summed E-state index contributed by atoms with van der Waals surface area (Å²) in [6.07, 6.45) is 2.17. The van der Waals surface area contributed by atoms with Gasteiger partial charge in [-0.15, -0.1) is 0 Å². The highest BCUT2D eigenvalue weighted by atomic mass is 16.5. The van der Waals surface area contributed by atoms with Crippen LogP contribution in [0.5, 0.6) is 5.75 Å². The highest BCUT2D eigenvalue weighted by Crippen LogP contribution is 2.30. The summed E-state index contributed by atoms with van der Waals surface area (Å²) in [5.41, 5.74) is 3.12. The van der Waals surface area contributed by atoms with Gasteiger partial charge in [0.15, 0.2) is 0 Å². The number of carboxylic acid groups (broad SMARTS) is 1. The van der Waals surface area contributed by atoms with Gasteiger partial charge in [0.25, 0.3) is 0 Å². The number of ether oxygens (including phenoxy) is 1. The lowest BCUT2D eigenvalue weighted by Crippen LogP contribution is -1.98. The molecule has 25 heavy (non-hydrogen) atoms. The van der Waals surface area contributed by atoms with Crippen LogP contribution in [0.4, 0.5) is 0 Å². The van der Waals surface area contributed by atoms with Crippen LogP contribution in [0.25, 0.3) is 21.7 Å². The van der Waals surface area contributed by atoms with Crippen LogP contribution in [-0.2, 0) is 6.42 Å². The van der Waals surface area contributed by atoms with Crippen molar-refractivity contribution in [1.82, 2.24) is 4.98 Å². The topological polar surface area (TPSA) is 62.3 Å². The van der Waals surface area contributed by atoms with Crippen LogP contribution in [0.15, 0.2) is 60.8 Å². The Kier molecular flexibility index (Phi) is 3.65. The highest BCUT2D eigenvalue weighted by molar-refractivity contribution is 6.05. The monoisotopic (exact) mass is 331 g/mol. The average molecular weight is 331 g/mol. The van der Waals surface area contributed by atoms with Gasteiger partial charge in [-0.25, -0.2) is 4.79 Å². The number of nitrogens with one attached hydrogen (secondary N) is 1. The molecule has 0 amide bonds. The number of aromatic nitrogens is 1. The molecule has 0 fully saturated rings. The molecule has 1 heterocycles. The SMILES string of the molecule is COc1cc(Cc2ccc3ccccc3c2)c2c(C(=O)O)c[nH]c2c1. The lowest BCUT2D eigenvalue weighted by atomic mass is 9.97. The van der Waals surface area contributed by atoms with Gasteiger partial charge < -0.3 is 14.8 Å². The Morgan fingerprint density at radius 1 is 1.08 bits per heavy atom. The molecule has 1 aromatic heterocycles. The first kappa shape index (κ1) is 15.3. The molecule has 0 spiro atoms. The molecule has 0 saturated heterocycles. The predicted octanol–water partition coefficient (Wildman–Crippen LogP) is 4.62. The van der Waals surface area contributed by atoms with Gasteiger partial charge in [-0.2, -0.15) is 0 Å². The maximum Gasteiger partial charge on any atom is 0.337 e. The van der Waals surface area contributed by atoms with Crippen molar-refractivity contribution in [1.29, 1.82) is 0 Å². The number of aromatic amines is 1. The van der Waals surface area contributed by atoms with E-state index >= 15 is 0 Å². The first-order valence-electron chi connectivity index (χ1n) is 8.04. The Morgan fingerprint density at radius 2 is 1.88 bits per heavy atom. The van der Waals surface area contributed by atoms with E-state index < -0.39 is 5.97 Å². The summed E-state index contributed by atoms with van der Waals surface area (Å²) in [4.78, 5) is 14.6. The molecule has 0 aliphatic heterocycles. The van der Waals surface area contributed by atoms with Crippen molar-refractivity contribution >= 4 is 27.6 Å². The number of aromatic carboxylic acids is 1. The largest absolute Gasteiger partial charge is 0.497 e. The number of benzene rings is 3. The number of hydrogen-bond acceptors (Lipinski definition) is 2. The Hall–Kier alpha value is -3.27. The van der Waals surface area contributed by atoms with Crippen LogP contribution in [0.2, 0.25) is 0 Å². The van der Waals surface area contributed by atoms with Crippen LogP contribution in [0.3, 0.4) is 0 Å². The normalized spacial score (nSPS) is 11.1. The van der Waals surface area contributed by atoms with Gasteiger partial charge in [0.05, 0.1) is 18.2 Å². The zero-order chi connectivity index (χ0) is 17.4. The number of methoxy groups -OCH3 is 1. The molecule has 0 bridgehead atoms. The number of fused-ring (bicyclic) bond motifs is 2. The minimum absolute atomic E-state index is 0.286. The number of H-pyrrole nitrogens is 1. The molecular weight excluding hydrogens is 314 g/mol. The Balaban J connectivity index is 1.86. The van der Waals surface area contributed by atoms with Gasteiger partial charge in [0.2, 0.25) is 0 Å². The summed E-state index contributed by atoms with van der Waals surface area (Å²) in [6.45, 7) is 0. The van der Waals surface area contributed by atoms with E-state index in [-0.39, 0.29) is 5.56 Å². The van der Waals surface area contributed by atoms with Gasteiger partial charge in [-0.05, 0) is 34.4 Å². The first-order valence-corrected chi connectivity index (χ1v) is 8.04. The first-order chi connectivity index (χ1) is 12.2. The summed E-state index contributed by atoms with van der Waals surface area (Å²) in [5, 5.41) is 12.6. The molecule has 0 aliphatic carbocycles. The third-order valence-corrected chi connectivity index (χ3v) is 4.51. The summed E-state index contributed by atoms with van der Waals surface area (Å²) < 4.78 is 5.37. The molecule has 4 rings (SSSR count). The smallest absolute Gasteiger partial charge is 0.337 e. The van der Waals surface area contributed by atoms with Crippen LogP contribution in [0.1, 0.15) is 21.5 Å². The van der Waals surface area contributed by atoms with E-state index in [4.69, 9.17) is 4.74 Å². The number of carboxylic acids is 1. The molecular formula is C21H17NO3. The summed E-state index contributed by atoms with van der Waals surface area (Å²) in [5.74, 6) is -0.224. The van der Waals surface area contributed by atoms with E-state index in [0.29, 0.717) is 12.2 Å². The van der Waals surface area contributed by atoms with Crippen LogP contribution < -0.4 is 4.74 Å². The molecule has 0 radical (unpaired) electrons. The van der Waals surface area contributed by atoms with Crippen molar-refractivity contribution in [3.63, 3.8) is 0 Å². The standard InChI is InChI=1S/C21H17NO3/c1-25-17-10-16(20-18(21(23)24)12-22-19(20)11-17)9-13-6-7-14-4-2-3-5-15(14)8-13/h2-8,10-12,22H,9H2,1H3,(H,23,24). The van der Waals surface area contributed by atoms with E-state index in [2.05, 4.69) is 35.3 Å². The Bertz CT molecular complexity index is 1090. The maximum absolute atomic E-state index is 11.6. The Labute approximate surface area is 144 Å². The van der Waals surface area contributed by atoms with E-state index in [1.807, 2.05) is 24.3 Å². The maximum atomic E-state index is 11.6. The lowest BCUT2D eigenvalue weighted by molar-refractivity contribution is 0.0699. The minimum Gasteiger partial charge on any atom is -0.497 e. The van der Waals surface area contributed by atoms with Gasteiger partial charge in [0.1, 0.15) is 5.75 Å². The van der Waals surface area contributed by atoms with E-state index in [9.17, 15) is 9.90 Å². The highest BCUT2D eigenvalue weighted by Gasteiger charge is 2.16. The second-order valence-electron chi connectivity index (χ2n) is 6.07. The third kappa shape index (κ3) is 2.72. The van der Waals surface area contributed by atoms with Crippen LogP contribution in [0, 0.1) is 0 Å². The van der Waals surface area contributed by atoms with Gasteiger partial charge in [0, 0.05) is 17.6 Å².